The number of hydrazine groups is 1. The Labute approximate surface area is 122 Å². The summed E-state index contributed by atoms with van der Waals surface area (Å²) in [6.45, 7) is 6.87. The van der Waals surface area contributed by atoms with E-state index in [1.54, 1.807) is 11.3 Å². The van der Waals surface area contributed by atoms with Crippen molar-refractivity contribution >= 4 is 27.4 Å². The predicted molar refractivity (Wildman–Crippen MR) is 81.8 cm³/mol. The zero-order valence-electron chi connectivity index (χ0n) is 12.1. The fraction of sp³-hybridized carbons (Fsp3) is 0.571. The molecule has 108 valence electrons. The summed E-state index contributed by atoms with van der Waals surface area (Å²) in [5, 5.41) is 1.03. The summed E-state index contributed by atoms with van der Waals surface area (Å²) in [5.41, 5.74) is 3.92. The molecule has 0 aliphatic heterocycles. The Morgan fingerprint density at radius 1 is 1.40 bits per heavy atom. The van der Waals surface area contributed by atoms with Crippen molar-refractivity contribution in [2.75, 3.05) is 12.0 Å². The van der Waals surface area contributed by atoms with Gasteiger partial charge in [0.15, 0.2) is 11.6 Å². The lowest BCUT2D eigenvalue weighted by Gasteiger charge is -2.16. The van der Waals surface area contributed by atoms with Crippen molar-refractivity contribution in [1.29, 1.82) is 0 Å². The van der Waals surface area contributed by atoms with Crippen molar-refractivity contribution in [1.82, 2.24) is 9.97 Å². The number of rotatable bonds is 5. The number of thiophene rings is 1. The van der Waals surface area contributed by atoms with E-state index in [-0.39, 0.29) is 6.10 Å². The summed E-state index contributed by atoms with van der Waals surface area (Å²) in [7, 11) is 0. The number of nitrogens with one attached hydrogen (secondary N) is 1. The SMILES string of the molecule is CCOC(c1nc(NN)c2c(C)c(C)sc2n1)C1CC1. The first-order chi connectivity index (χ1) is 9.65. The quantitative estimate of drug-likeness (QED) is 0.654. The van der Waals surface area contributed by atoms with E-state index in [0.29, 0.717) is 18.3 Å². The number of nitrogens with zero attached hydrogens (tertiary/aromatic N) is 2. The van der Waals surface area contributed by atoms with Crippen LogP contribution < -0.4 is 11.3 Å². The van der Waals surface area contributed by atoms with Crippen LogP contribution in [0.25, 0.3) is 10.2 Å². The minimum absolute atomic E-state index is 0.000729. The number of anilines is 1. The van der Waals surface area contributed by atoms with E-state index >= 15 is 0 Å². The molecule has 1 aliphatic rings. The molecule has 5 nitrogen and oxygen atoms in total. The molecule has 6 heteroatoms. The third-order valence-electron chi connectivity index (χ3n) is 3.83. The van der Waals surface area contributed by atoms with Gasteiger partial charge in [-0.05, 0) is 45.1 Å². The van der Waals surface area contributed by atoms with Gasteiger partial charge >= 0.3 is 0 Å². The molecule has 0 spiro atoms. The molecule has 1 unspecified atom stereocenters. The second-order valence-corrected chi connectivity index (χ2v) is 6.45. The molecule has 3 N–H and O–H groups in total. The molecule has 20 heavy (non-hydrogen) atoms. The molecule has 2 aromatic heterocycles. The first-order valence-corrected chi connectivity index (χ1v) is 7.83. The summed E-state index contributed by atoms with van der Waals surface area (Å²) in [6.07, 6.45) is 2.39. The lowest BCUT2D eigenvalue weighted by molar-refractivity contribution is 0.0404. The normalized spacial score (nSPS) is 16.6. The van der Waals surface area contributed by atoms with Crippen molar-refractivity contribution in [3.8, 4) is 0 Å². The molecule has 0 bridgehead atoms. The molecule has 1 aliphatic carbocycles. The number of aryl methyl sites for hydroxylation is 2. The number of fused-ring (bicyclic) bond motifs is 1. The van der Waals surface area contributed by atoms with Crippen LogP contribution in [-0.2, 0) is 4.74 Å². The minimum atomic E-state index is -0.000729. The average Bonchev–Trinajstić information content (AvgIpc) is 3.23. The van der Waals surface area contributed by atoms with Crippen LogP contribution in [0.15, 0.2) is 0 Å². The van der Waals surface area contributed by atoms with Crippen LogP contribution in [0.2, 0.25) is 0 Å². The van der Waals surface area contributed by atoms with Crippen LogP contribution in [0.5, 0.6) is 0 Å². The number of nitrogen functional groups attached to an aromatic ring is 1. The van der Waals surface area contributed by atoms with Crippen LogP contribution in [-0.4, -0.2) is 16.6 Å². The van der Waals surface area contributed by atoms with E-state index in [0.717, 1.165) is 16.0 Å². The first kappa shape index (κ1) is 13.7. The van der Waals surface area contributed by atoms with E-state index in [2.05, 4.69) is 24.3 Å². The lowest BCUT2D eigenvalue weighted by Crippen LogP contribution is -2.15. The Balaban J connectivity index is 2.12. The minimum Gasteiger partial charge on any atom is -0.370 e. The molecule has 0 aromatic carbocycles. The summed E-state index contributed by atoms with van der Waals surface area (Å²) in [6, 6.07) is 0. The van der Waals surface area contributed by atoms with E-state index in [4.69, 9.17) is 15.6 Å². The highest BCUT2D eigenvalue weighted by Crippen LogP contribution is 2.43. The summed E-state index contributed by atoms with van der Waals surface area (Å²) < 4.78 is 5.85. The maximum atomic E-state index is 5.85. The topological polar surface area (TPSA) is 73.1 Å². The molecule has 1 fully saturated rings. The second-order valence-electron chi connectivity index (χ2n) is 5.25. The number of nitrogens with two attached hydrogens (primary N) is 1. The molecule has 1 saturated carbocycles. The van der Waals surface area contributed by atoms with Gasteiger partial charge in [-0.1, -0.05) is 0 Å². The number of hydrogen-bond acceptors (Lipinski definition) is 6. The Kier molecular flexibility index (Phi) is 3.62. The predicted octanol–water partition coefficient (Wildman–Crippen LogP) is 3.08. The Morgan fingerprint density at radius 3 is 2.75 bits per heavy atom. The molecule has 0 saturated heterocycles. The number of ether oxygens (including phenoxy) is 1. The van der Waals surface area contributed by atoms with Gasteiger partial charge in [0.2, 0.25) is 0 Å². The highest BCUT2D eigenvalue weighted by Gasteiger charge is 2.35. The molecule has 1 atom stereocenters. The fourth-order valence-electron chi connectivity index (χ4n) is 2.50. The van der Waals surface area contributed by atoms with Gasteiger partial charge in [-0.15, -0.1) is 11.3 Å². The summed E-state index contributed by atoms with van der Waals surface area (Å²) in [4.78, 5) is 11.6. The van der Waals surface area contributed by atoms with Gasteiger partial charge in [0, 0.05) is 11.5 Å². The molecule has 2 heterocycles. The van der Waals surface area contributed by atoms with Crippen LogP contribution in [0.4, 0.5) is 5.82 Å². The Hall–Kier alpha value is -1.24. The van der Waals surface area contributed by atoms with Gasteiger partial charge in [0.05, 0.1) is 5.39 Å². The summed E-state index contributed by atoms with van der Waals surface area (Å²) in [5.74, 6) is 7.67. The largest absolute Gasteiger partial charge is 0.370 e. The molecular formula is C14H20N4OS. The number of aromatic nitrogens is 2. The van der Waals surface area contributed by atoms with Crippen molar-refractivity contribution in [3.63, 3.8) is 0 Å². The molecule has 3 rings (SSSR count). The highest BCUT2D eigenvalue weighted by molar-refractivity contribution is 7.18. The third kappa shape index (κ3) is 2.28. The van der Waals surface area contributed by atoms with Crippen molar-refractivity contribution in [3.05, 3.63) is 16.3 Å². The van der Waals surface area contributed by atoms with Crippen molar-refractivity contribution in [2.45, 2.75) is 39.7 Å². The highest BCUT2D eigenvalue weighted by atomic mass is 32.1. The lowest BCUT2D eigenvalue weighted by atomic mass is 10.2. The Morgan fingerprint density at radius 2 is 2.15 bits per heavy atom. The van der Waals surface area contributed by atoms with Crippen molar-refractivity contribution < 1.29 is 4.74 Å². The van der Waals surface area contributed by atoms with Crippen molar-refractivity contribution in [2.24, 2.45) is 11.8 Å². The van der Waals surface area contributed by atoms with E-state index in [1.807, 2.05) is 6.92 Å². The van der Waals surface area contributed by atoms with Crippen LogP contribution in [0.1, 0.15) is 42.1 Å². The standard InChI is InChI=1S/C14H20N4OS/c1-4-19-11(9-5-6-9)13-16-12(18-15)10-7(2)8(3)20-14(10)17-13/h9,11H,4-6,15H2,1-3H3,(H,16,17,18). The second kappa shape index (κ2) is 5.27. The smallest absolute Gasteiger partial charge is 0.161 e. The maximum absolute atomic E-state index is 5.85. The van der Waals surface area contributed by atoms with Gasteiger partial charge in [-0.3, -0.25) is 0 Å². The van der Waals surface area contributed by atoms with E-state index in [9.17, 15) is 0 Å². The Bertz CT molecular complexity index is 636. The zero-order chi connectivity index (χ0) is 14.3. The molecule has 2 aromatic rings. The maximum Gasteiger partial charge on any atom is 0.161 e. The third-order valence-corrected chi connectivity index (χ3v) is 4.93. The monoisotopic (exact) mass is 292 g/mol. The fourth-order valence-corrected chi connectivity index (χ4v) is 3.53. The average molecular weight is 292 g/mol. The zero-order valence-corrected chi connectivity index (χ0v) is 12.9. The molecular weight excluding hydrogens is 272 g/mol. The van der Waals surface area contributed by atoms with Gasteiger partial charge in [-0.25, -0.2) is 15.8 Å². The molecule has 0 amide bonds. The van der Waals surface area contributed by atoms with Gasteiger partial charge in [-0.2, -0.15) is 0 Å². The molecule has 0 radical (unpaired) electrons. The van der Waals surface area contributed by atoms with Gasteiger partial charge in [0.25, 0.3) is 0 Å². The van der Waals surface area contributed by atoms with E-state index in [1.165, 1.54) is 23.3 Å². The van der Waals surface area contributed by atoms with E-state index < -0.39 is 0 Å². The van der Waals surface area contributed by atoms with Gasteiger partial charge in [0.1, 0.15) is 10.9 Å². The number of hydrogen-bond donors (Lipinski definition) is 2. The first-order valence-electron chi connectivity index (χ1n) is 7.01. The summed E-state index contributed by atoms with van der Waals surface area (Å²) >= 11 is 1.69. The van der Waals surface area contributed by atoms with Gasteiger partial charge < -0.3 is 10.2 Å². The van der Waals surface area contributed by atoms with Crippen LogP contribution in [0.3, 0.4) is 0 Å². The van der Waals surface area contributed by atoms with Crippen LogP contribution >= 0.6 is 11.3 Å². The van der Waals surface area contributed by atoms with Crippen LogP contribution in [0, 0.1) is 19.8 Å².